The Morgan fingerprint density at radius 2 is 2.19 bits per heavy atom. The number of aliphatic hydroxyl groups is 1. The summed E-state index contributed by atoms with van der Waals surface area (Å²) >= 11 is 5.90. The molecule has 1 unspecified atom stereocenters. The molecule has 0 saturated carbocycles. The number of hydrogen-bond acceptors (Lipinski definition) is 4. The molecule has 1 aromatic carbocycles. The molecule has 1 atom stereocenters. The lowest BCUT2D eigenvalue weighted by atomic mass is 10.2. The van der Waals surface area contributed by atoms with E-state index in [0.29, 0.717) is 36.0 Å². The van der Waals surface area contributed by atoms with Crippen LogP contribution in [0.5, 0.6) is 0 Å². The Morgan fingerprint density at radius 3 is 2.90 bits per heavy atom. The summed E-state index contributed by atoms with van der Waals surface area (Å²) in [6.45, 7) is 3.46. The van der Waals surface area contributed by atoms with Crippen molar-refractivity contribution in [2.24, 2.45) is 0 Å². The van der Waals surface area contributed by atoms with Crippen LogP contribution < -0.4 is 5.32 Å². The average Bonchev–Trinajstić information content (AvgIpc) is 2.49. The Bertz CT molecular complexity index is 460. The molecule has 0 aliphatic heterocycles. The third kappa shape index (κ3) is 7.33. The summed E-state index contributed by atoms with van der Waals surface area (Å²) in [5.74, 6) is 0. The monoisotopic (exact) mass is 310 g/mol. The van der Waals surface area contributed by atoms with Crippen molar-refractivity contribution in [3.63, 3.8) is 0 Å². The number of halogens is 1. The number of nitriles is 1. The maximum atomic E-state index is 9.84. The van der Waals surface area contributed by atoms with E-state index in [1.54, 1.807) is 18.2 Å². The van der Waals surface area contributed by atoms with Gasteiger partial charge >= 0.3 is 0 Å². The number of hydrogen-bond donors (Lipinski definition) is 2. The predicted molar refractivity (Wildman–Crippen MR) is 85.6 cm³/mol. The van der Waals surface area contributed by atoms with Crippen LogP contribution in [0, 0.1) is 11.3 Å². The van der Waals surface area contributed by atoms with Gasteiger partial charge in [0.05, 0.1) is 24.0 Å². The number of nitrogens with one attached hydrogen (secondary N) is 1. The summed E-state index contributed by atoms with van der Waals surface area (Å²) in [6.07, 6.45) is 4.01. The van der Waals surface area contributed by atoms with Crippen molar-refractivity contribution in [1.29, 1.82) is 5.26 Å². The largest absolute Gasteiger partial charge is 0.389 e. The van der Waals surface area contributed by atoms with Crippen molar-refractivity contribution in [1.82, 2.24) is 0 Å². The number of aliphatic hydroxyl groups excluding tert-OH is 1. The zero-order valence-electron chi connectivity index (χ0n) is 12.4. The fourth-order valence-corrected chi connectivity index (χ4v) is 2.07. The number of rotatable bonds is 10. The van der Waals surface area contributed by atoms with Gasteiger partial charge in [-0.25, -0.2) is 0 Å². The molecule has 1 aromatic rings. The normalized spacial score (nSPS) is 11.9. The molecule has 5 heteroatoms. The maximum Gasteiger partial charge on any atom is 0.101 e. The van der Waals surface area contributed by atoms with Gasteiger partial charge in [-0.1, -0.05) is 37.8 Å². The first-order valence-electron chi connectivity index (χ1n) is 7.36. The summed E-state index contributed by atoms with van der Waals surface area (Å²) < 4.78 is 5.43. The summed E-state index contributed by atoms with van der Waals surface area (Å²) in [6, 6.07) is 7.09. The number of ether oxygens (including phenoxy) is 1. The molecule has 0 radical (unpaired) electrons. The lowest BCUT2D eigenvalue weighted by molar-refractivity contribution is 0.0417. The minimum Gasteiger partial charge on any atom is -0.389 e. The molecular formula is C16H23ClN2O2. The molecule has 116 valence electrons. The molecule has 0 bridgehead atoms. The minimum absolute atomic E-state index is 0.293. The van der Waals surface area contributed by atoms with Gasteiger partial charge in [0, 0.05) is 18.2 Å². The van der Waals surface area contributed by atoms with E-state index < -0.39 is 6.10 Å². The van der Waals surface area contributed by atoms with E-state index in [0.717, 1.165) is 6.42 Å². The fraction of sp³-hybridized carbons (Fsp3) is 0.562. The van der Waals surface area contributed by atoms with Gasteiger partial charge in [-0.3, -0.25) is 0 Å². The molecule has 0 fully saturated rings. The van der Waals surface area contributed by atoms with Crippen LogP contribution in [0.25, 0.3) is 0 Å². The highest BCUT2D eigenvalue weighted by atomic mass is 35.5. The molecule has 0 saturated heterocycles. The van der Waals surface area contributed by atoms with Crippen molar-refractivity contribution in [3.8, 4) is 6.07 Å². The van der Waals surface area contributed by atoms with E-state index in [4.69, 9.17) is 21.6 Å². The second-order valence-corrected chi connectivity index (χ2v) is 5.41. The number of unbranched alkanes of at least 4 members (excludes halogenated alkanes) is 3. The molecule has 1 rings (SSSR count). The Hall–Kier alpha value is -1.28. The summed E-state index contributed by atoms with van der Waals surface area (Å²) in [5, 5.41) is 22.4. The topological polar surface area (TPSA) is 65.3 Å². The number of anilines is 1. The first kappa shape index (κ1) is 17.8. The molecule has 4 nitrogen and oxygen atoms in total. The van der Waals surface area contributed by atoms with Crippen molar-refractivity contribution in [2.75, 3.05) is 25.1 Å². The maximum absolute atomic E-state index is 9.84. The van der Waals surface area contributed by atoms with Gasteiger partial charge < -0.3 is 15.2 Å². The fourth-order valence-electron chi connectivity index (χ4n) is 1.90. The van der Waals surface area contributed by atoms with E-state index in [1.807, 2.05) is 0 Å². The van der Waals surface area contributed by atoms with Crippen LogP contribution in [-0.4, -0.2) is 31.0 Å². The summed E-state index contributed by atoms with van der Waals surface area (Å²) in [4.78, 5) is 0. The van der Waals surface area contributed by atoms with Gasteiger partial charge in [-0.05, 0) is 24.6 Å². The van der Waals surface area contributed by atoms with E-state index in [2.05, 4.69) is 18.3 Å². The first-order valence-corrected chi connectivity index (χ1v) is 7.74. The highest BCUT2D eigenvalue weighted by Crippen LogP contribution is 2.20. The van der Waals surface area contributed by atoms with Crippen LogP contribution >= 0.6 is 11.6 Å². The first-order chi connectivity index (χ1) is 10.2. The van der Waals surface area contributed by atoms with Crippen LogP contribution in [0.2, 0.25) is 5.02 Å². The zero-order chi connectivity index (χ0) is 15.5. The Balaban J connectivity index is 2.25. The van der Waals surface area contributed by atoms with Crippen LogP contribution in [0.15, 0.2) is 18.2 Å². The van der Waals surface area contributed by atoms with Crippen molar-refractivity contribution >= 4 is 17.3 Å². The van der Waals surface area contributed by atoms with Gasteiger partial charge in [-0.2, -0.15) is 5.26 Å². The average molecular weight is 311 g/mol. The van der Waals surface area contributed by atoms with Crippen molar-refractivity contribution < 1.29 is 9.84 Å². The van der Waals surface area contributed by atoms with Gasteiger partial charge in [0.1, 0.15) is 6.07 Å². The Morgan fingerprint density at radius 1 is 1.38 bits per heavy atom. The van der Waals surface area contributed by atoms with E-state index in [-0.39, 0.29) is 0 Å². The zero-order valence-corrected chi connectivity index (χ0v) is 13.2. The van der Waals surface area contributed by atoms with Crippen molar-refractivity contribution in [2.45, 2.75) is 38.7 Å². The quantitative estimate of drug-likeness (QED) is 0.648. The van der Waals surface area contributed by atoms with Gasteiger partial charge in [0.25, 0.3) is 0 Å². The smallest absolute Gasteiger partial charge is 0.101 e. The number of benzene rings is 1. The molecule has 21 heavy (non-hydrogen) atoms. The molecule has 0 aliphatic carbocycles. The molecule has 0 spiro atoms. The van der Waals surface area contributed by atoms with Crippen molar-refractivity contribution in [3.05, 3.63) is 28.8 Å². The van der Waals surface area contributed by atoms with Gasteiger partial charge in [0.15, 0.2) is 0 Å². The number of nitrogens with zero attached hydrogens (tertiary/aromatic N) is 1. The van der Waals surface area contributed by atoms with Gasteiger partial charge in [-0.15, -0.1) is 0 Å². The standard InChI is InChI=1S/C16H23ClN2O2/c1-2-3-4-5-8-21-12-15(20)11-19-16-9-14(17)7-6-13(16)10-18/h6-7,9,15,19-20H,2-5,8,11-12H2,1H3. The van der Waals surface area contributed by atoms with Crippen LogP contribution in [-0.2, 0) is 4.74 Å². The second-order valence-electron chi connectivity index (χ2n) is 4.97. The molecule has 0 aromatic heterocycles. The molecule has 2 N–H and O–H groups in total. The van der Waals surface area contributed by atoms with Crippen LogP contribution in [0.4, 0.5) is 5.69 Å². The molecule has 0 heterocycles. The highest BCUT2D eigenvalue weighted by Gasteiger charge is 2.07. The lowest BCUT2D eigenvalue weighted by Crippen LogP contribution is -2.25. The summed E-state index contributed by atoms with van der Waals surface area (Å²) in [7, 11) is 0. The molecular weight excluding hydrogens is 288 g/mol. The van der Waals surface area contributed by atoms with Crippen LogP contribution in [0.3, 0.4) is 0 Å². The van der Waals surface area contributed by atoms with E-state index in [9.17, 15) is 5.11 Å². The van der Waals surface area contributed by atoms with Gasteiger partial charge in [0.2, 0.25) is 0 Å². The Labute approximate surface area is 131 Å². The summed E-state index contributed by atoms with van der Waals surface area (Å²) in [5.41, 5.74) is 1.14. The third-order valence-corrected chi connectivity index (χ3v) is 3.32. The Kier molecular flexibility index (Phi) is 8.84. The minimum atomic E-state index is -0.610. The third-order valence-electron chi connectivity index (χ3n) is 3.08. The van der Waals surface area contributed by atoms with Crippen LogP contribution in [0.1, 0.15) is 38.2 Å². The molecule has 0 aliphatic rings. The predicted octanol–water partition coefficient (Wildman–Crippen LogP) is 3.58. The lowest BCUT2D eigenvalue weighted by Gasteiger charge is -2.14. The van der Waals surface area contributed by atoms with E-state index >= 15 is 0 Å². The molecule has 0 amide bonds. The SMILES string of the molecule is CCCCCCOCC(O)CNc1cc(Cl)ccc1C#N. The van der Waals surface area contributed by atoms with E-state index in [1.165, 1.54) is 19.3 Å². The second kappa shape index (κ2) is 10.4. The highest BCUT2D eigenvalue weighted by molar-refractivity contribution is 6.30.